The first-order valence-electron chi connectivity index (χ1n) is 9.74. The minimum Gasteiger partial charge on any atom is -0.495 e. The van der Waals surface area contributed by atoms with Crippen LogP contribution >= 0.6 is 0 Å². The molecular weight excluding hydrogens is 340 g/mol. The standard InChI is InChI=1S/C22H28N2O3/c1-14-21(2,3)15-9-10-22(14,12-15)20(26)23-16-11-19(25)24(13-16)17-7-5-6-8-18(17)27-4/h5-8,15-16H,1,9-13H2,2-4H3,(H,23,26)/t15-,16+,22+/m0/s1. The van der Waals surface area contributed by atoms with Gasteiger partial charge in [0, 0.05) is 13.0 Å². The van der Waals surface area contributed by atoms with Crippen LogP contribution in [0.3, 0.4) is 0 Å². The molecule has 0 unspecified atom stereocenters. The number of benzene rings is 1. The van der Waals surface area contributed by atoms with Crippen LogP contribution in [-0.4, -0.2) is 31.5 Å². The molecule has 2 bridgehead atoms. The lowest BCUT2D eigenvalue weighted by Gasteiger charge is -2.37. The number of nitrogens with one attached hydrogen (secondary N) is 1. The van der Waals surface area contributed by atoms with Gasteiger partial charge in [0.2, 0.25) is 11.8 Å². The number of methoxy groups -OCH3 is 1. The molecule has 1 N–H and O–H groups in total. The van der Waals surface area contributed by atoms with Crippen molar-refractivity contribution in [1.82, 2.24) is 5.32 Å². The number of hydrogen-bond acceptors (Lipinski definition) is 3. The normalized spacial score (nSPS) is 31.4. The topological polar surface area (TPSA) is 58.6 Å². The molecule has 27 heavy (non-hydrogen) atoms. The van der Waals surface area contributed by atoms with E-state index in [2.05, 4.69) is 25.7 Å². The molecule has 4 rings (SSSR count). The smallest absolute Gasteiger partial charge is 0.230 e. The molecule has 1 aliphatic heterocycles. The lowest BCUT2D eigenvalue weighted by Crippen LogP contribution is -2.46. The molecule has 1 aromatic rings. The second kappa shape index (κ2) is 6.11. The Kier molecular flexibility index (Phi) is 4.09. The third-order valence-corrected chi connectivity index (χ3v) is 7.16. The summed E-state index contributed by atoms with van der Waals surface area (Å²) < 4.78 is 5.39. The molecule has 144 valence electrons. The molecule has 0 radical (unpaired) electrons. The number of nitrogens with zero attached hydrogens (tertiary/aromatic N) is 1. The van der Waals surface area contributed by atoms with E-state index in [4.69, 9.17) is 4.74 Å². The van der Waals surface area contributed by atoms with Gasteiger partial charge in [-0.15, -0.1) is 0 Å². The molecule has 1 saturated heterocycles. The average Bonchev–Trinajstić information content (AvgIpc) is 3.30. The van der Waals surface area contributed by atoms with Gasteiger partial charge < -0.3 is 15.0 Å². The number of amides is 2. The Bertz CT molecular complexity index is 816. The Morgan fingerprint density at radius 3 is 2.74 bits per heavy atom. The number of fused-ring (bicyclic) bond motifs is 2. The van der Waals surface area contributed by atoms with Crippen molar-refractivity contribution in [3.63, 3.8) is 0 Å². The number of hydrogen-bond donors (Lipinski definition) is 1. The fourth-order valence-corrected chi connectivity index (χ4v) is 5.36. The predicted molar refractivity (Wildman–Crippen MR) is 105 cm³/mol. The molecular formula is C22H28N2O3. The summed E-state index contributed by atoms with van der Waals surface area (Å²) in [7, 11) is 1.60. The van der Waals surface area contributed by atoms with E-state index in [0.29, 0.717) is 24.6 Å². The van der Waals surface area contributed by atoms with Crippen LogP contribution in [0.2, 0.25) is 0 Å². The van der Waals surface area contributed by atoms with Gasteiger partial charge in [-0.25, -0.2) is 0 Å². The maximum atomic E-state index is 13.2. The van der Waals surface area contributed by atoms with Crippen LogP contribution in [0.4, 0.5) is 5.69 Å². The van der Waals surface area contributed by atoms with E-state index in [9.17, 15) is 9.59 Å². The highest BCUT2D eigenvalue weighted by Crippen LogP contribution is 2.65. The van der Waals surface area contributed by atoms with E-state index < -0.39 is 5.41 Å². The van der Waals surface area contributed by atoms with Crippen LogP contribution < -0.4 is 15.0 Å². The second-order valence-corrected chi connectivity index (χ2v) is 8.77. The van der Waals surface area contributed by atoms with Crippen LogP contribution in [0.25, 0.3) is 0 Å². The zero-order valence-electron chi connectivity index (χ0n) is 16.4. The van der Waals surface area contributed by atoms with Crippen molar-refractivity contribution >= 4 is 17.5 Å². The van der Waals surface area contributed by atoms with E-state index in [1.54, 1.807) is 12.0 Å². The molecule has 5 nitrogen and oxygen atoms in total. The quantitative estimate of drug-likeness (QED) is 0.830. The van der Waals surface area contributed by atoms with Gasteiger partial charge in [0.25, 0.3) is 0 Å². The Morgan fingerprint density at radius 1 is 1.33 bits per heavy atom. The van der Waals surface area contributed by atoms with Crippen molar-refractivity contribution in [2.75, 3.05) is 18.6 Å². The number of carbonyl (C=O) groups excluding carboxylic acids is 2. The molecule has 2 amide bonds. The highest BCUT2D eigenvalue weighted by Gasteiger charge is 2.61. The first-order valence-corrected chi connectivity index (χ1v) is 9.74. The fraction of sp³-hybridized carbons (Fsp3) is 0.545. The predicted octanol–water partition coefficient (Wildman–Crippen LogP) is 3.30. The Morgan fingerprint density at radius 2 is 2.07 bits per heavy atom. The van der Waals surface area contributed by atoms with Gasteiger partial charge in [-0.1, -0.05) is 38.1 Å². The van der Waals surface area contributed by atoms with E-state index in [0.717, 1.165) is 30.5 Å². The number of anilines is 1. The summed E-state index contributed by atoms with van der Waals surface area (Å²) in [6.45, 7) is 9.19. The molecule has 5 heteroatoms. The van der Waals surface area contributed by atoms with Crippen LogP contribution in [-0.2, 0) is 9.59 Å². The van der Waals surface area contributed by atoms with E-state index in [1.807, 2.05) is 24.3 Å². The van der Waals surface area contributed by atoms with Gasteiger partial charge in [-0.2, -0.15) is 0 Å². The minimum absolute atomic E-state index is 0.0113. The van der Waals surface area contributed by atoms with Crippen molar-refractivity contribution < 1.29 is 14.3 Å². The third kappa shape index (κ3) is 2.59. The summed E-state index contributed by atoms with van der Waals surface area (Å²) in [5, 5.41) is 3.17. The van der Waals surface area contributed by atoms with Gasteiger partial charge in [0.05, 0.1) is 24.3 Å². The van der Waals surface area contributed by atoms with Gasteiger partial charge in [0.15, 0.2) is 0 Å². The Hall–Kier alpha value is -2.30. The molecule has 2 aliphatic carbocycles. The first kappa shape index (κ1) is 18.1. The summed E-state index contributed by atoms with van der Waals surface area (Å²) in [6, 6.07) is 7.31. The molecule has 0 aromatic heterocycles. The number of para-hydroxylation sites is 2. The van der Waals surface area contributed by atoms with Crippen LogP contribution in [0.15, 0.2) is 36.4 Å². The van der Waals surface area contributed by atoms with E-state index >= 15 is 0 Å². The molecule has 3 fully saturated rings. The zero-order chi connectivity index (χ0) is 19.4. The highest BCUT2D eigenvalue weighted by atomic mass is 16.5. The summed E-state index contributed by atoms with van der Waals surface area (Å²) in [4.78, 5) is 27.5. The summed E-state index contributed by atoms with van der Waals surface area (Å²) in [5.74, 6) is 1.27. The minimum atomic E-state index is -0.449. The zero-order valence-corrected chi connectivity index (χ0v) is 16.4. The average molecular weight is 368 g/mol. The van der Waals surface area contributed by atoms with Crippen molar-refractivity contribution in [2.24, 2.45) is 16.7 Å². The molecule has 3 aliphatic rings. The lowest BCUT2D eigenvalue weighted by molar-refractivity contribution is -0.129. The van der Waals surface area contributed by atoms with Crippen molar-refractivity contribution in [3.05, 3.63) is 36.4 Å². The molecule has 3 atom stereocenters. The first-order chi connectivity index (χ1) is 12.8. The third-order valence-electron chi connectivity index (χ3n) is 7.16. The van der Waals surface area contributed by atoms with Gasteiger partial charge in [-0.05, 0) is 42.7 Å². The van der Waals surface area contributed by atoms with Gasteiger partial charge in [0.1, 0.15) is 5.75 Å². The summed E-state index contributed by atoms with van der Waals surface area (Å²) >= 11 is 0. The Balaban J connectivity index is 1.49. The fourth-order valence-electron chi connectivity index (χ4n) is 5.36. The van der Waals surface area contributed by atoms with Gasteiger partial charge in [-0.3, -0.25) is 9.59 Å². The molecule has 0 spiro atoms. The maximum Gasteiger partial charge on any atom is 0.230 e. The highest BCUT2D eigenvalue weighted by molar-refractivity contribution is 5.98. The van der Waals surface area contributed by atoms with Crippen molar-refractivity contribution in [2.45, 2.75) is 45.6 Å². The summed E-state index contributed by atoms with van der Waals surface area (Å²) in [6.07, 6.45) is 3.17. The maximum absolute atomic E-state index is 13.2. The van der Waals surface area contributed by atoms with E-state index in [-0.39, 0.29) is 23.3 Å². The lowest BCUT2D eigenvalue weighted by atomic mass is 9.68. The number of rotatable bonds is 4. The number of carbonyl (C=O) groups is 2. The van der Waals surface area contributed by atoms with E-state index in [1.165, 1.54) is 0 Å². The van der Waals surface area contributed by atoms with Crippen LogP contribution in [0.5, 0.6) is 5.75 Å². The summed E-state index contributed by atoms with van der Waals surface area (Å²) in [5.41, 5.74) is 1.39. The van der Waals surface area contributed by atoms with Gasteiger partial charge >= 0.3 is 0 Å². The molecule has 1 heterocycles. The number of ether oxygens (including phenoxy) is 1. The molecule has 2 saturated carbocycles. The monoisotopic (exact) mass is 368 g/mol. The molecule has 1 aromatic carbocycles. The van der Waals surface area contributed by atoms with Crippen molar-refractivity contribution in [3.8, 4) is 5.75 Å². The largest absolute Gasteiger partial charge is 0.495 e. The second-order valence-electron chi connectivity index (χ2n) is 8.77. The van der Waals surface area contributed by atoms with Crippen LogP contribution in [0, 0.1) is 16.7 Å². The van der Waals surface area contributed by atoms with Crippen molar-refractivity contribution in [1.29, 1.82) is 0 Å². The Labute approximate surface area is 160 Å². The van der Waals surface area contributed by atoms with Crippen LogP contribution in [0.1, 0.15) is 39.5 Å². The SMILES string of the molecule is C=C1C(C)(C)[C@H]2CC[C@@]1(C(=O)N[C@@H]1CC(=O)N(c3ccccc3OC)C1)C2.